The number of amides is 2. The number of aryl methyl sites for hydroxylation is 2. The Morgan fingerprint density at radius 1 is 1.10 bits per heavy atom. The topological polar surface area (TPSA) is 77.1 Å². The van der Waals surface area contributed by atoms with Crippen molar-refractivity contribution >= 4 is 27.7 Å². The molecule has 1 saturated heterocycles. The van der Waals surface area contributed by atoms with Gasteiger partial charge in [-0.15, -0.1) is 0 Å². The summed E-state index contributed by atoms with van der Waals surface area (Å²) in [5.74, 6) is -0.0202. The zero-order chi connectivity index (χ0) is 28.7. The molecule has 0 spiro atoms. The summed E-state index contributed by atoms with van der Waals surface area (Å²) in [5.41, 5.74) is 6.36. The summed E-state index contributed by atoms with van der Waals surface area (Å²) >= 11 is 3.55. The van der Waals surface area contributed by atoms with Crippen LogP contribution in [0, 0.1) is 26.2 Å². The lowest BCUT2D eigenvalue weighted by atomic mass is 9.84. The predicted octanol–water partition coefficient (Wildman–Crippen LogP) is 6.91. The van der Waals surface area contributed by atoms with E-state index in [1.165, 1.54) is 5.01 Å². The number of hydrogen-bond donors (Lipinski definition) is 1. The highest BCUT2D eigenvalue weighted by Crippen LogP contribution is 2.32. The van der Waals surface area contributed by atoms with Gasteiger partial charge in [0.2, 0.25) is 0 Å². The van der Waals surface area contributed by atoms with Crippen molar-refractivity contribution in [3.63, 3.8) is 0 Å². The number of hydrogen-bond acceptors (Lipinski definition) is 5. The average molecular weight is 604 g/mol. The molecule has 0 saturated carbocycles. The second kappa shape index (κ2) is 13.8. The number of benzene rings is 2. The first-order chi connectivity index (χ1) is 18.4. The van der Waals surface area contributed by atoms with Crippen LogP contribution in [0.25, 0.3) is 0 Å². The Hall–Kier alpha value is -2.42. The maximum absolute atomic E-state index is 13.8. The van der Waals surface area contributed by atoms with Gasteiger partial charge in [0.15, 0.2) is 6.29 Å². The van der Waals surface area contributed by atoms with Gasteiger partial charge in [0.05, 0.1) is 17.1 Å². The van der Waals surface area contributed by atoms with Gasteiger partial charge in [-0.1, -0.05) is 44.9 Å². The van der Waals surface area contributed by atoms with Crippen molar-refractivity contribution < 1.29 is 23.8 Å². The smallest absolute Gasteiger partial charge is 0.272 e. The van der Waals surface area contributed by atoms with Gasteiger partial charge in [0.25, 0.3) is 11.8 Å². The van der Waals surface area contributed by atoms with Crippen LogP contribution in [0.5, 0.6) is 5.75 Å². The Labute approximate surface area is 241 Å². The Bertz CT molecular complexity index is 1130. The number of ether oxygens (including phenoxy) is 3. The average Bonchev–Trinajstić information content (AvgIpc) is 2.86. The van der Waals surface area contributed by atoms with Crippen LogP contribution in [0.15, 0.2) is 34.8 Å². The van der Waals surface area contributed by atoms with E-state index in [0.717, 1.165) is 41.5 Å². The molecule has 3 rings (SSSR count). The minimum atomic E-state index is -0.364. The highest BCUT2D eigenvalue weighted by Gasteiger charge is 2.34. The summed E-state index contributed by atoms with van der Waals surface area (Å²) in [7, 11) is 0. The van der Waals surface area contributed by atoms with Gasteiger partial charge >= 0.3 is 0 Å². The fraction of sp³-hybridized carbons (Fsp3) is 0.548. The summed E-state index contributed by atoms with van der Waals surface area (Å²) < 4.78 is 18.2. The molecule has 0 bridgehead atoms. The van der Waals surface area contributed by atoms with Crippen LogP contribution < -0.4 is 10.2 Å². The van der Waals surface area contributed by atoms with Crippen LogP contribution in [0.1, 0.15) is 90.8 Å². The summed E-state index contributed by atoms with van der Waals surface area (Å²) in [5, 5.41) is 1.51. The standard InChI is InChI=1S/C31H43BrN2O5/c1-8-26(31(5,6)7)34(30(36)23-18-20(2)17-21(3)19-23)33-29(35)24-12-13-25(32)28(22(24)4)39-16-15-38-27-11-9-10-14-37-27/h12-13,17-19,26-27H,8-11,14-16H2,1-7H3,(H,33,35)/t26-,27?/m1/s1. The third kappa shape index (κ3) is 8.29. The Morgan fingerprint density at radius 3 is 2.38 bits per heavy atom. The van der Waals surface area contributed by atoms with E-state index < -0.39 is 0 Å². The zero-order valence-electron chi connectivity index (χ0n) is 24.4. The lowest BCUT2D eigenvalue weighted by Gasteiger charge is -2.39. The van der Waals surface area contributed by atoms with Crippen molar-refractivity contribution in [2.75, 3.05) is 19.8 Å². The molecule has 1 unspecified atom stereocenters. The quantitative estimate of drug-likeness (QED) is 0.249. The van der Waals surface area contributed by atoms with Crippen LogP contribution in [0.2, 0.25) is 0 Å². The molecule has 7 nitrogen and oxygen atoms in total. The molecule has 8 heteroatoms. The maximum atomic E-state index is 13.8. The molecular weight excluding hydrogens is 560 g/mol. The third-order valence-corrected chi connectivity index (χ3v) is 7.61. The predicted molar refractivity (Wildman–Crippen MR) is 157 cm³/mol. The Balaban J connectivity index is 1.81. The Morgan fingerprint density at radius 2 is 1.79 bits per heavy atom. The van der Waals surface area contributed by atoms with Crippen LogP contribution in [0.4, 0.5) is 0 Å². The first-order valence-corrected chi connectivity index (χ1v) is 14.6. The van der Waals surface area contributed by atoms with E-state index in [-0.39, 0.29) is 29.6 Å². The molecule has 39 heavy (non-hydrogen) atoms. The monoisotopic (exact) mass is 602 g/mol. The first-order valence-electron chi connectivity index (χ1n) is 13.8. The molecule has 1 N–H and O–H groups in total. The van der Waals surface area contributed by atoms with Crippen LogP contribution >= 0.6 is 15.9 Å². The minimum Gasteiger partial charge on any atom is -0.490 e. The number of nitrogens with zero attached hydrogens (tertiary/aromatic N) is 1. The molecule has 1 heterocycles. The molecular formula is C31H43BrN2O5. The van der Waals surface area contributed by atoms with Gasteiger partial charge in [-0.25, -0.2) is 5.01 Å². The highest BCUT2D eigenvalue weighted by molar-refractivity contribution is 9.10. The number of hydrazine groups is 1. The van der Waals surface area contributed by atoms with Gasteiger partial charge in [-0.2, -0.15) is 0 Å². The van der Waals surface area contributed by atoms with Crippen molar-refractivity contribution in [1.82, 2.24) is 10.4 Å². The first kappa shape index (κ1) is 31.1. The maximum Gasteiger partial charge on any atom is 0.272 e. The molecule has 1 aliphatic rings. The van der Waals surface area contributed by atoms with E-state index in [2.05, 4.69) is 42.1 Å². The lowest BCUT2D eigenvalue weighted by Crippen LogP contribution is -2.56. The van der Waals surface area contributed by atoms with Gasteiger partial charge in [-0.05, 0) is 92.1 Å². The molecule has 0 radical (unpaired) electrons. The van der Waals surface area contributed by atoms with E-state index in [1.807, 2.05) is 45.9 Å². The van der Waals surface area contributed by atoms with E-state index in [4.69, 9.17) is 14.2 Å². The van der Waals surface area contributed by atoms with E-state index >= 15 is 0 Å². The molecule has 2 atom stereocenters. The Kier molecular flexibility index (Phi) is 11.0. The van der Waals surface area contributed by atoms with Crippen molar-refractivity contribution in [3.8, 4) is 5.75 Å². The SMILES string of the molecule is CC[C@@H](N(NC(=O)c1ccc(Br)c(OCCOC2CCCCO2)c1C)C(=O)c1cc(C)cc(C)c1)C(C)(C)C. The van der Waals surface area contributed by atoms with E-state index in [9.17, 15) is 9.59 Å². The van der Waals surface area contributed by atoms with Gasteiger partial charge in [0, 0.05) is 23.3 Å². The summed E-state index contributed by atoms with van der Waals surface area (Å²) in [6.45, 7) is 15.5. The fourth-order valence-electron chi connectivity index (χ4n) is 5.11. The molecule has 2 aromatic rings. The minimum absolute atomic E-state index is 0.181. The summed E-state index contributed by atoms with van der Waals surface area (Å²) in [4.78, 5) is 27.5. The summed E-state index contributed by atoms with van der Waals surface area (Å²) in [6.07, 6.45) is 3.56. The largest absolute Gasteiger partial charge is 0.490 e. The van der Waals surface area contributed by atoms with Crippen LogP contribution in [0.3, 0.4) is 0 Å². The van der Waals surface area contributed by atoms with Gasteiger partial charge < -0.3 is 14.2 Å². The molecule has 2 amide bonds. The second-order valence-corrected chi connectivity index (χ2v) is 12.2. The van der Waals surface area contributed by atoms with E-state index in [0.29, 0.717) is 42.1 Å². The fourth-order valence-corrected chi connectivity index (χ4v) is 5.65. The van der Waals surface area contributed by atoms with Gasteiger partial charge in [-0.3, -0.25) is 15.0 Å². The number of carbonyl (C=O) groups excluding carboxylic acids is 2. The molecule has 2 aromatic carbocycles. The molecule has 1 fully saturated rings. The second-order valence-electron chi connectivity index (χ2n) is 11.3. The lowest BCUT2D eigenvalue weighted by molar-refractivity contribution is -0.165. The molecule has 214 valence electrons. The van der Waals surface area contributed by atoms with E-state index in [1.54, 1.807) is 12.1 Å². The number of carbonyl (C=O) groups is 2. The normalized spacial score (nSPS) is 16.5. The van der Waals surface area contributed by atoms with Crippen molar-refractivity contribution in [2.45, 2.75) is 86.5 Å². The number of halogens is 1. The number of rotatable bonds is 9. The molecule has 0 aliphatic carbocycles. The zero-order valence-corrected chi connectivity index (χ0v) is 25.9. The highest BCUT2D eigenvalue weighted by atomic mass is 79.9. The molecule has 0 aromatic heterocycles. The third-order valence-electron chi connectivity index (χ3n) is 6.98. The van der Waals surface area contributed by atoms with Crippen molar-refractivity contribution in [2.24, 2.45) is 5.41 Å². The van der Waals surface area contributed by atoms with Crippen molar-refractivity contribution in [1.29, 1.82) is 0 Å². The summed E-state index contributed by atoms with van der Waals surface area (Å²) in [6, 6.07) is 9.06. The molecule has 1 aliphatic heterocycles. The van der Waals surface area contributed by atoms with Crippen LogP contribution in [-0.2, 0) is 9.47 Å². The number of nitrogens with one attached hydrogen (secondary N) is 1. The van der Waals surface area contributed by atoms with Crippen molar-refractivity contribution in [3.05, 3.63) is 62.6 Å². The van der Waals surface area contributed by atoms with Gasteiger partial charge in [0.1, 0.15) is 12.4 Å². The van der Waals surface area contributed by atoms with Crippen LogP contribution in [-0.4, -0.2) is 49.0 Å².